The molecule has 108 valence electrons. The largest absolute Gasteiger partial charge is 0.417 e. The van der Waals surface area contributed by atoms with Crippen LogP contribution in [0, 0.1) is 0 Å². The van der Waals surface area contributed by atoms with Crippen LogP contribution in [0.5, 0.6) is 0 Å². The molecule has 0 saturated carbocycles. The Morgan fingerprint density at radius 3 is 2.40 bits per heavy atom. The molecular weight excluding hydrogens is 271 g/mol. The Balaban J connectivity index is 2.45. The number of aliphatic hydroxyl groups is 1. The molecule has 2 aromatic rings. The predicted molar refractivity (Wildman–Crippen MR) is 66.4 cm³/mol. The minimum absolute atomic E-state index is 0.0590. The van der Waals surface area contributed by atoms with E-state index in [1.54, 1.807) is 0 Å². The molecule has 0 aliphatic carbocycles. The molecule has 4 nitrogen and oxygen atoms in total. The summed E-state index contributed by atoms with van der Waals surface area (Å²) in [5.74, 6) is 0.352. The van der Waals surface area contributed by atoms with E-state index in [0.717, 1.165) is 18.0 Å². The van der Waals surface area contributed by atoms with Gasteiger partial charge in [-0.05, 0) is 18.1 Å². The lowest BCUT2D eigenvalue weighted by atomic mass is 10.1. The lowest BCUT2D eigenvalue weighted by molar-refractivity contribution is -0.137. The zero-order valence-corrected chi connectivity index (χ0v) is 11.0. The predicted octanol–water partition coefficient (Wildman–Crippen LogP) is 2.90. The maximum Gasteiger partial charge on any atom is 0.417 e. The molecule has 1 N–H and O–H groups in total. The molecule has 0 aromatic carbocycles. The summed E-state index contributed by atoms with van der Waals surface area (Å²) in [6.45, 7) is 3.65. The van der Waals surface area contributed by atoms with Crippen LogP contribution in [-0.2, 0) is 12.8 Å². The van der Waals surface area contributed by atoms with Crippen LogP contribution in [0.4, 0.5) is 13.2 Å². The lowest BCUT2D eigenvalue weighted by Crippen LogP contribution is -2.10. The van der Waals surface area contributed by atoms with Crippen LogP contribution in [0.25, 0.3) is 5.82 Å². The van der Waals surface area contributed by atoms with Crippen molar-refractivity contribution in [1.29, 1.82) is 0 Å². The number of alkyl halides is 3. The number of hydrogen-bond acceptors (Lipinski definition) is 3. The smallest absolute Gasteiger partial charge is 0.392 e. The molecule has 0 bridgehead atoms. The number of nitrogens with zero attached hydrogens (tertiary/aromatic N) is 3. The van der Waals surface area contributed by atoms with Crippen molar-refractivity contribution >= 4 is 0 Å². The van der Waals surface area contributed by atoms with Gasteiger partial charge in [0.15, 0.2) is 5.82 Å². The van der Waals surface area contributed by atoms with E-state index in [1.807, 2.05) is 13.8 Å². The molecule has 0 fully saturated rings. The fourth-order valence-electron chi connectivity index (χ4n) is 1.99. The van der Waals surface area contributed by atoms with Crippen molar-refractivity contribution in [3.8, 4) is 5.82 Å². The van der Waals surface area contributed by atoms with E-state index in [0.29, 0.717) is 11.4 Å². The van der Waals surface area contributed by atoms with Crippen LogP contribution in [0.15, 0.2) is 24.5 Å². The van der Waals surface area contributed by atoms with Crippen molar-refractivity contribution in [3.63, 3.8) is 0 Å². The molecule has 0 spiro atoms. The molecule has 7 heteroatoms. The maximum atomic E-state index is 12.5. The summed E-state index contributed by atoms with van der Waals surface area (Å²) >= 11 is 0. The van der Waals surface area contributed by atoms with Crippen molar-refractivity contribution in [2.75, 3.05) is 0 Å². The van der Waals surface area contributed by atoms with E-state index in [-0.39, 0.29) is 12.5 Å². The first-order valence-electron chi connectivity index (χ1n) is 6.06. The molecule has 0 aliphatic rings. The highest BCUT2D eigenvalue weighted by atomic mass is 19.4. The van der Waals surface area contributed by atoms with Crippen LogP contribution < -0.4 is 0 Å². The van der Waals surface area contributed by atoms with Gasteiger partial charge < -0.3 is 5.11 Å². The van der Waals surface area contributed by atoms with Crippen molar-refractivity contribution in [1.82, 2.24) is 14.8 Å². The average Bonchev–Trinajstić information content (AvgIpc) is 2.81. The van der Waals surface area contributed by atoms with Gasteiger partial charge in [-0.25, -0.2) is 9.67 Å². The van der Waals surface area contributed by atoms with Gasteiger partial charge in [0.2, 0.25) is 0 Å². The van der Waals surface area contributed by atoms with Crippen molar-refractivity contribution in [3.05, 3.63) is 41.3 Å². The van der Waals surface area contributed by atoms with Gasteiger partial charge in [-0.3, -0.25) is 0 Å². The Morgan fingerprint density at radius 1 is 1.25 bits per heavy atom. The molecule has 2 heterocycles. The summed E-state index contributed by atoms with van der Waals surface area (Å²) in [6, 6.07) is 2.23. The van der Waals surface area contributed by atoms with Crippen molar-refractivity contribution in [2.24, 2.45) is 0 Å². The highest BCUT2D eigenvalue weighted by Crippen LogP contribution is 2.29. The molecule has 0 radical (unpaired) electrons. The number of rotatable bonds is 3. The summed E-state index contributed by atoms with van der Waals surface area (Å²) in [7, 11) is 0. The van der Waals surface area contributed by atoms with Gasteiger partial charge in [0, 0.05) is 11.8 Å². The minimum Gasteiger partial charge on any atom is -0.392 e. The second-order valence-corrected chi connectivity index (χ2v) is 4.68. The fourth-order valence-corrected chi connectivity index (χ4v) is 1.99. The minimum atomic E-state index is -4.41. The van der Waals surface area contributed by atoms with Crippen molar-refractivity contribution in [2.45, 2.75) is 32.5 Å². The SMILES string of the molecule is CC(C)c1c(CO)cnn1-c1ccc(C(F)(F)F)cn1. The fraction of sp³-hybridized carbons (Fsp3) is 0.385. The van der Waals surface area contributed by atoms with Gasteiger partial charge >= 0.3 is 6.18 Å². The quantitative estimate of drug-likeness (QED) is 0.943. The van der Waals surface area contributed by atoms with Gasteiger partial charge in [0.1, 0.15) is 0 Å². The van der Waals surface area contributed by atoms with Gasteiger partial charge in [0.25, 0.3) is 0 Å². The first-order chi connectivity index (χ1) is 9.34. The molecule has 0 unspecified atom stereocenters. The Labute approximate surface area is 113 Å². The third kappa shape index (κ3) is 2.67. The maximum absolute atomic E-state index is 12.5. The first-order valence-corrected chi connectivity index (χ1v) is 6.06. The lowest BCUT2D eigenvalue weighted by Gasteiger charge is -2.12. The third-order valence-electron chi connectivity index (χ3n) is 2.90. The monoisotopic (exact) mass is 285 g/mol. The standard InChI is InChI=1S/C13H14F3N3O/c1-8(2)12-9(7-20)5-18-19(12)11-4-3-10(6-17-11)13(14,15)16/h3-6,8,20H,7H2,1-2H3. The van der Waals surface area contributed by atoms with Crippen LogP contribution in [0.2, 0.25) is 0 Å². The second-order valence-electron chi connectivity index (χ2n) is 4.68. The highest BCUT2D eigenvalue weighted by molar-refractivity contribution is 5.32. The number of hydrogen-bond donors (Lipinski definition) is 1. The summed E-state index contributed by atoms with van der Waals surface area (Å²) in [5.41, 5.74) is 0.573. The second kappa shape index (κ2) is 5.24. The van der Waals surface area contributed by atoms with Crippen LogP contribution in [0.3, 0.4) is 0 Å². The molecule has 2 aromatic heterocycles. The highest BCUT2D eigenvalue weighted by Gasteiger charge is 2.30. The Morgan fingerprint density at radius 2 is 1.95 bits per heavy atom. The summed E-state index contributed by atoms with van der Waals surface area (Å²) in [4.78, 5) is 3.80. The van der Waals surface area contributed by atoms with Crippen LogP contribution in [-0.4, -0.2) is 19.9 Å². The zero-order valence-electron chi connectivity index (χ0n) is 11.0. The van der Waals surface area contributed by atoms with E-state index < -0.39 is 11.7 Å². The molecule has 2 rings (SSSR count). The van der Waals surface area contributed by atoms with E-state index in [1.165, 1.54) is 16.9 Å². The normalized spacial score (nSPS) is 12.2. The molecular formula is C13H14F3N3O. The molecule has 20 heavy (non-hydrogen) atoms. The third-order valence-corrected chi connectivity index (χ3v) is 2.90. The number of aliphatic hydroxyl groups excluding tert-OH is 1. The van der Waals surface area contributed by atoms with E-state index in [9.17, 15) is 18.3 Å². The van der Waals surface area contributed by atoms with Crippen LogP contribution >= 0.6 is 0 Å². The van der Waals surface area contributed by atoms with Gasteiger partial charge in [-0.15, -0.1) is 0 Å². The number of aromatic nitrogens is 3. The molecule has 0 saturated heterocycles. The summed E-state index contributed by atoms with van der Waals surface area (Å²) < 4.78 is 38.9. The topological polar surface area (TPSA) is 50.9 Å². The van der Waals surface area contributed by atoms with E-state index in [2.05, 4.69) is 10.1 Å². The Hall–Kier alpha value is -1.89. The van der Waals surface area contributed by atoms with E-state index >= 15 is 0 Å². The Kier molecular flexibility index (Phi) is 3.80. The summed E-state index contributed by atoms with van der Waals surface area (Å²) in [6.07, 6.45) is -2.14. The average molecular weight is 285 g/mol. The number of halogens is 3. The van der Waals surface area contributed by atoms with Crippen LogP contribution in [0.1, 0.15) is 36.6 Å². The molecule has 0 atom stereocenters. The van der Waals surface area contributed by atoms with Gasteiger partial charge in [-0.2, -0.15) is 18.3 Å². The van der Waals surface area contributed by atoms with Gasteiger partial charge in [0.05, 0.1) is 24.1 Å². The van der Waals surface area contributed by atoms with Gasteiger partial charge in [-0.1, -0.05) is 13.8 Å². The zero-order chi connectivity index (χ0) is 14.9. The molecule has 0 aliphatic heterocycles. The van der Waals surface area contributed by atoms with E-state index in [4.69, 9.17) is 0 Å². The summed E-state index contributed by atoms with van der Waals surface area (Å²) in [5, 5.41) is 13.3. The Bertz CT molecular complexity index is 588. The number of pyridine rings is 1. The van der Waals surface area contributed by atoms with Crippen molar-refractivity contribution < 1.29 is 18.3 Å². The first kappa shape index (κ1) is 14.5. The molecule has 0 amide bonds.